The molecule has 2 fully saturated rings. The van der Waals surface area contributed by atoms with Crippen molar-refractivity contribution in [3.05, 3.63) is 40.9 Å². The summed E-state index contributed by atoms with van der Waals surface area (Å²) in [5.74, 6) is -0.784. The van der Waals surface area contributed by atoms with E-state index in [0.29, 0.717) is 39.4 Å². The van der Waals surface area contributed by atoms with Crippen LogP contribution in [0.3, 0.4) is 0 Å². The van der Waals surface area contributed by atoms with E-state index in [1.54, 1.807) is 21.1 Å². The number of ether oxygens (including phenoxy) is 1. The highest BCUT2D eigenvalue weighted by Gasteiger charge is 2.30. The van der Waals surface area contributed by atoms with Crippen molar-refractivity contribution in [1.29, 1.82) is 0 Å². The summed E-state index contributed by atoms with van der Waals surface area (Å²) in [6.45, 7) is 7.58. The van der Waals surface area contributed by atoms with Crippen LogP contribution in [0.4, 0.5) is 0 Å². The van der Waals surface area contributed by atoms with Crippen molar-refractivity contribution in [1.82, 2.24) is 19.7 Å². The van der Waals surface area contributed by atoms with Crippen LogP contribution in [0.1, 0.15) is 18.2 Å². The van der Waals surface area contributed by atoms with Crippen LogP contribution in [0.2, 0.25) is 0 Å². The first-order valence-electron chi connectivity index (χ1n) is 10.6. The molecular weight excluding hydrogens is 400 g/mol. The van der Waals surface area contributed by atoms with Crippen LogP contribution in [0.25, 0.3) is 10.6 Å². The van der Waals surface area contributed by atoms with E-state index in [-0.39, 0.29) is 5.91 Å². The molecule has 0 atom stereocenters. The summed E-state index contributed by atoms with van der Waals surface area (Å²) in [6.07, 6.45) is 1.04. The van der Waals surface area contributed by atoms with Crippen molar-refractivity contribution in [2.75, 3.05) is 52.5 Å². The van der Waals surface area contributed by atoms with Gasteiger partial charge in [-0.15, -0.1) is 11.3 Å². The summed E-state index contributed by atoms with van der Waals surface area (Å²) in [7, 11) is 0. The number of carbonyl (C=O) groups is 2. The molecule has 2 saturated heterocycles. The smallest absolute Gasteiger partial charge is 0.312 e. The maximum Gasteiger partial charge on any atom is 0.312 e. The number of rotatable bonds is 4. The zero-order chi connectivity index (χ0) is 20.9. The largest absolute Gasteiger partial charge is 0.378 e. The Hall–Kier alpha value is -2.29. The number of piperazine rings is 1. The summed E-state index contributed by atoms with van der Waals surface area (Å²) >= 11 is 1.67. The molecule has 30 heavy (non-hydrogen) atoms. The highest BCUT2D eigenvalue weighted by atomic mass is 32.1. The van der Waals surface area contributed by atoms with Gasteiger partial charge in [-0.1, -0.05) is 31.2 Å². The quantitative estimate of drug-likeness (QED) is 0.696. The van der Waals surface area contributed by atoms with E-state index >= 15 is 0 Å². The van der Waals surface area contributed by atoms with Crippen molar-refractivity contribution in [2.24, 2.45) is 0 Å². The third-order valence-corrected chi connectivity index (χ3v) is 6.63. The molecule has 2 aromatic rings. The molecule has 0 aliphatic carbocycles. The van der Waals surface area contributed by atoms with Crippen LogP contribution in [0.5, 0.6) is 0 Å². The first kappa shape index (κ1) is 21.0. The number of aromatic nitrogens is 1. The van der Waals surface area contributed by atoms with Gasteiger partial charge in [0.25, 0.3) is 0 Å². The van der Waals surface area contributed by atoms with Gasteiger partial charge < -0.3 is 14.5 Å². The van der Waals surface area contributed by atoms with Crippen molar-refractivity contribution in [3.8, 4) is 10.6 Å². The molecule has 0 spiro atoms. The van der Waals surface area contributed by atoms with E-state index in [9.17, 15) is 9.59 Å². The van der Waals surface area contributed by atoms with Crippen molar-refractivity contribution >= 4 is 23.2 Å². The second kappa shape index (κ2) is 9.68. The Morgan fingerprint density at radius 1 is 0.967 bits per heavy atom. The average molecular weight is 429 g/mol. The van der Waals surface area contributed by atoms with Crippen LogP contribution >= 0.6 is 11.3 Å². The third kappa shape index (κ3) is 4.88. The summed E-state index contributed by atoms with van der Waals surface area (Å²) < 4.78 is 5.26. The maximum absolute atomic E-state index is 12.5. The average Bonchev–Trinajstić information content (AvgIpc) is 3.27. The molecule has 0 radical (unpaired) electrons. The lowest BCUT2D eigenvalue weighted by Gasteiger charge is -2.35. The van der Waals surface area contributed by atoms with Gasteiger partial charge in [0, 0.05) is 56.8 Å². The SMILES string of the molecule is CCc1ccc(-c2nc(CN3CCN(C(=O)C(=O)N4CCOCC4)CC3)cs2)cc1. The van der Waals surface area contributed by atoms with Crippen LogP contribution in [-0.4, -0.2) is 84.0 Å². The second-order valence-electron chi connectivity index (χ2n) is 7.67. The summed E-state index contributed by atoms with van der Waals surface area (Å²) in [5, 5.41) is 3.15. The number of carbonyl (C=O) groups excluding carboxylic acids is 2. The molecule has 8 heteroatoms. The Morgan fingerprint density at radius 2 is 1.60 bits per heavy atom. The molecule has 3 heterocycles. The number of thiazole rings is 1. The van der Waals surface area contributed by atoms with Crippen LogP contribution < -0.4 is 0 Å². The van der Waals surface area contributed by atoms with Gasteiger partial charge in [0.15, 0.2) is 0 Å². The topological polar surface area (TPSA) is 66.0 Å². The van der Waals surface area contributed by atoms with E-state index in [4.69, 9.17) is 9.72 Å². The number of morpholine rings is 1. The zero-order valence-corrected chi connectivity index (χ0v) is 18.2. The number of hydrogen-bond donors (Lipinski definition) is 0. The third-order valence-electron chi connectivity index (χ3n) is 5.69. The minimum absolute atomic E-state index is 0.386. The molecule has 0 N–H and O–H groups in total. The normalized spacial score (nSPS) is 17.9. The summed E-state index contributed by atoms with van der Waals surface area (Å²) in [4.78, 5) is 35.3. The molecule has 0 unspecified atom stereocenters. The molecule has 7 nitrogen and oxygen atoms in total. The summed E-state index contributed by atoms with van der Waals surface area (Å²) in [5.41, 5.74) is 3.54. The molecule has 2 amide bonds. The van der Waals surface area contributed by atoms with Gasteiger partial charge in [0.05, 0.1) is 18.9 Å². The predicted octanol–water partition coefficient (Wildman–Crippen LogP) is 1.88. The number of amides is 2. The fraction of sp³-hybridized carbons (Fsp3) is 0.500. The van der Waals surface area contributed by atoms with Gasteiger partial charge in [-0.25, -0.2) is 4.98 Å². The van der Waals surface area contributed by atoms with Gasteiger partial charge in [0.1, 0.15) is 5.01 Å². The highest BCUT2D eigenvalue weighted by Crippen LogP contribution is 2.25. The van der Waals surface area contributed by atoms with E-state index in [1.165, 1.54) is 5.56 Å². The Bertz CT molecular complexity index is 869. The Morgan fingerprint density at radius 3 is 2.23 bits per heavy atom. The zero-order valence-electron chi connectivity index (χ0n) is 17.4. The monoisotopic (exact) mass is 428 g/mol. The Kier molecular flexibility index (Phi) is 6.76. The van der Waals surface area contributed by atoms with Gasteiger partial charge >= 0.3 is 11.8 Å². The van der Waals surface area contributed by atoms with Gasteiger partial charge in [-0.05, 0) is 12.0 Å². The van der Waals surface area contributed by atoms with Gasteiger partial charge in [-0.3, -0.25) is 14.5 Å². The molecule has 0 saturated carbocycles. The van der Waals surface area contributed by atoms with Crippen molar-refractivity contribution < 1.29 is 14.3 Å². The molecule has 1 aromatic carbocycles. The molecule has 0 bridgehead atoms. The molecular formula is C22H28N4O3S. The van der Waals surface area contributed by atoms with Gasteiger partial charge in [-0.2, -0.15) is 0 Å². The predicted molar refractivity (Wildman–Crippen MR) is 116 cm³/mol. The molecule has 2 aliphatic heterocycles. The Labute approximate surface area is 181 Å². The highest BCUT2D eigenvalue weighted by molar-refractivity contribution is 7.13. The summed E-state index contributed by atoms with van der Waals surface area (Å²) in [6, 6.07) is 8.59. The van der Waals surface area contributed by atoms with E-state index in [0.717, 1.165) is 42.3 Å². The van der Waals surface area contributed by atoms with E-state index < -0.39 is 5.91 Å². The van der Waals surface area contributed by atoms with Crippen molar-refractivity contribution in [3.63, 3.8) is 0 Å². The first-order chi connectivity index (χ1) is 14.6. The first-order valence-corrected chi connectivity index (χ1v) is 11.4. The van der Waals surface area contributed by atoms with Crippen LogP contribution in [-0.2, 0) is 27.3 Å². The van der Waals surface area contributed by atoms with Gasteiger partial charge in [0.2, 0.25) is 0 Å². The standard InChI is InChI=1S/C22H28N4O3S/c1-2-17-3-5-18(6-4-17)20-23-19(16-30-20)15-24-7-9-25(10-8-24)21(27)22(28)26-11-13-29-14-12-26/h3-6,16H,2,7-15H2,1H3. The van der Waals surface area contributed by atoms with Crippen LogP contribution in [0, 0.1) is 0 Å². The van der Waals surface area contributed by atoms with Crippen LogP contribution in [0.15, 0.2) is 29.6 Å². The number of aryl methyl sites for hydroxylation is 1. The minimum atomic E-state index is -0.398. The lowest BCUT2D eigenvalue weighted by atomic mass is 10.1. The number of hydrogen-bond acceptors (Lipinski definition) is 6. The lowest BCUT2D eigenvalue weighted by Crippen LogP contribution is -2.54. The van der Waals surface area contributed by atoms with Crippen molar-refractivity contribution in [2.45, 2.75) is 19.9 Å². The molecule has 1 aromatic heterocycles. The Balaban J connectivity index is 1.28. The second-order valence-corrected chi connectivity index (χ2v) is 8.53. The fourth-order valence-corrected chi connectivity index (χ4v) is 4.59. The minimum Gasteiger partial charge on any atom is -0.378 e. The lowest BCUT2D eigenvalue weighted by molar-refractivity contribution is -0.155. The number of nitrogens with zero attached hydrogens (tertiary/aromatic N) is 4. The fourth-order valence-electron chi connectivity index (χ4n) is 3.77. The molecule has 4 rings (SSSR count). The molecule has 160 valence electrons. The molecule has 2 aliphatic rings. The number of benzene rings is 1. The van der Waals surface area contributed by atoms with E-state index in [1.807, 2.05) is 0 Å². The maximum atomic E-state index is 12.5. The van der Waals surface area contributed by atoms with E-state index in [2.05, 4.69) is 41.5 Å².